The molecule has 2 fully saturated rings. The van der Waals surface area contributed by atoms with Crippen molar-refractivity contribution in [2.24, 2.45) is 17.8 Å². The van der Waals surface area contributed by atoms with Crippen molar-refractivity contribution in [3.63, 3.8) is 0 Å². The number of benzene rings is 1. The second kappa shape index (κ2) is 8.88. The molecule has 0 heteroatoms. The molecule has 1 aromatic carbocycles. The largest absolute Gasteiger partial charge is 0.103 e. The molecule has 2 saturated carbocycles. The third kappa shape index (κ3) is 4.52. The number of hydrogen-bond donors (Lipinski definition) is 0. The second-order valence-electron chi connectivity index (χ2n) is 8.37. The maximum absolute atomic E-state index is 3.82. The van der Waals surface area contributed by atoms with E-state index in [0.29, 0.717) is 0 Å². The van der Waals surface area contributed by atoms with E-state index in [-0.39, 0.29) is 0 Å². The summed E-state index contributed by atoms with van der Waals surface area (Å²) in [7, 11) is 0. The molecule has 0 aliphatic heterocycles. The van der Waals surface area contributed by atoms with Gasteiger partial charge in [-0.05, 0) is 86.2 Å². The van der Waals surface area contributed by atoms with Crippen molar-refractivity contribution < 1.29 is 0 Å². The normalized spacial score (nSPS) is 30.9. The summed E-state index contributed by atoms with van der Waals surface area (Å²) in [5.41, 5.74) is 3.05. The standard InChI is InChI=1S/C24H36/c1-3-5-6-20-9-13-22(14-10-20)24-17-15-23(16-18-24)21-11-7-19(4-2)8-12-21/h3,9-10,13-14,19,21,23-24H,1,4-8,11-12,15-18H2,2H3. The third-order valence-corrected chi connectivity index (χ3v) is 7.00. The second-order valence-corrected chi connectivity index (χ2v) is 8.37. The molecule has 2 aliphatic carbocycles. The lowest BCUT2D eigenvalue weighted by atomic mass is 9.68. The van der Waals surface area contributed by atoms with Crippen molar-refractivity contribution in [2.75, 3.05) is 0 Å². The fraction of sp³-hybridized carbons (Fsp3) is 0.667. The van der Waals surface area contributed by atoms with E-state index in [1.54, 1.807) is 5.56 Å². The van der Waals surface area contributed by atoms with Crippen LogP contribution in [0.5, 0.6) is 0 Å². The van der Waals surface area contributed by atoms with E-state index in [1.807, 2.05) is 6.08 Å². The van der Waals surface area contributed by atoms with Crippen molar-refractivity contribution in [2.45, 2.75) is 83.5 Å². The van der Waals surface area contributed by atoms with Crippen molar-refractivity contribution in [1.29, 1.82) is 0 Å². The fourth-order valence-electron chi connectivity index (χ4n) is 5.22. The number of rotatable bonds is 6. The molecule has 2 aliphatic rings. The SMILES string of the molecule is C=CCCc1ccc(C2CCC(C3CCC(CC)CC3)CC2)cc1. The summed E-state index contributed by atoms with van der Waals surface area (Å²) in [4.78, 5) is 0. The zero-order valence-corrected chi connectivity index (χ0v) is 15.7. The number of allylic oxidation sites excluding steroid dienone is 1. The first kappa shape index (κ1) is 17.8. The Morgan fingerprint density at radius 2 is 1.46 bits per heavy atom. The van der Waals surface area contributed by atoms with Crippen LogP contribution in [0.15, 0.2) is 36.9 Å². The maximum Gasteiger partial charge on any atom is -0.0162 e. The Labute approximate surface area is 149 Å². The van der Waals surface area contributed by atoms with Gasteiger partial charge in [-0.1, -0.05) is 56.5 Å². The molecule has 0 radical (unpaired) electrons. The molecule has 132 valence electrons. The molecule has 0 aromatic heterocycles. The highest BCUT2D eigenvalue weighted by molar-refractivity contribution is 5.26. The summed E-state index contributed by atoms with van der Waals surface area (Å²) in [5, 5.41) is 0. The minimum absolute atomic E-state index is 0.821. The molecule has 0 amide bonds. The summed E-state index contributed by atoms with van der Waals surface area (Å²) >= 11 is 0. The molecule has 1 aromatic rings. The Morgan fingerprint density at radius 1 is 0.875 bits per heavy atom. The Morgan fingerprint density at radius 3 is 2.00 bits per heavy atom. The maximum atomic E-state index is 3.82. The van der Waals surface area contributed by atoms with Crippen LogP contribution in [0.25, 0.3) is 0 Å². The molecule has 0 unspecified atom stereocenters. The summed E-state index contributed by atoms with van der Waals surface area (Å²) < 4.78 is 0. The molecule has 0 bridgehead atoms. The van der Waals surface area contributed by atoms with Gasteiger partial charge in [0.25, 0.3) is 0 Å². The summed E-state index contributed by atoms with van der Waals surface area (Å²) in [5.74, 6) is 3.94. The zero-order valence-electron chi connectivity index (χ0n) is 15.7. The molecular weight excluding hydrogens is 288 g/mol. The van der Waals surface area contributed by atoms with E-state index in [9.17, 15) is 0 Å². The Hall–Kier alpha value is -1.04. The van der Waals surface area contributed by atoms with Gasteiger partial charge < -0.3 is 0 Å². The van der Waals surface area contributed by atoms with Crippen LogP contribution in [0.3, 0.4) is 0 Å². The highest BCUT2D eigenvalue weighted by Gasteiger charge is 2.30. The van der Waals surface area contributed by atoms with Gasteiger partial charge in [0.05, 0.1) is 0 Å². The predicted octanol–water partition coefficient (Wildman–Crippen LogP) is 7.30. The van der Waals surface area contributed by atoms with Gasteiger partial charge in [0.1, 0.15) is 0 Å². The van der Waals surface area contributed by atoms with E-state index >= 15 is 0 Å². The lowest BCUT2D eigenvalue weighted by molar-refractivity contribution is 0.158. The van der Waals surface area contributed by atoms with Gasteiger partial charge in [-0.25, -0.2) is 0 Å². The molecule has 0 nitrogen and oxygen atoms in total. The zero-order chi connectivity index (χ0) is 16.8. The van der Waals surface area contributed by atoms with Crippen LogP contribution >= 0.6 is 0 Å². The number of hydrogen-bond acceptors (Lipinski definition) is 0. The van der Waals surface area contributed by atoms with E-state index in [1.165, 1.54) is 63.4 Å². The van der Waals surface area contributed by atoms with Crippen LogP contribution in [0.1, 0.15) is 88.2 Å². The molecule has 3 rings (SSSR count). The van der Waals surface area contributed by atoms with E-state index < -0.39 is 0 Å². The van der Waals surface area contributed by atoms with Crippen LogP contribution in [-0.2, 0) is 6.42 Å². The fourth-order valence-corrected chi connectivity index (χ4v) is 5.22. The third-order valence-electron chi connectivity index (χ3n) is 7.00. The van der Waals surface area contributed by atoms with Crippen molar-refractivity contribution in [3.05, 3.63) is 48.0 Å². The van der Waals surface area contributed by atoms with E-state index in [2.05, 4.69) is 37.8 Å². The Kier molecular flexibility index (Phi) is 6.58. The smallest absolute Gasteiger partial charge is 0.0162 e. The molecule has 0 saturated heterocycles. The molecule has 0 atom stereocenters. The topological polar surface area (TPSA) is 0 Å². The lowest BCUT2D eigenvalue weighted by Crippen LogP contribution is -2.25. The molecular formula is C24H36. The van der Waals surface area contributed by atoms with Gasteiger partial charge in [-0.2, -0.15) is 0 Å². The first-order valence-corrected chi connectivity index (χ1v) is 10.5. The summed E-state index contributed by atoms with van der Waals surface area (Å²) in [6.07, 6.45) is 17.5. The van der Waals surface area contributed by atoms with Gasteiger partial charge in [0.2, 0.25) is 0 Å². The predicted molar refractivity (Wildman–Crippen MR) is 105 cm³/mol. The summed E-state index contributed by atoms with van der Waals surface area (Å²) in [6.45, 7) is 6.20. The first-order chi connectivity index (χ1) is 11.8. The average molecular weight is 325 g/mol. The van der Waals surface area contributed by atoms with Crippen molar-refractivity contribution in [1.82, 2.24) is 0 Å². The van der Waals surface area contributed by atoms with Crippen LogP contribution in [0.2, 0.25) is 0 Å². The monoisotopic (exact) mass is 324 g/mol. The number of aryl methyl sites for hydroxylation is 1. The lowest BCUT2D eigenvalue weighted by Gasteiger charge is -2.38. The van der Waals surface area contributed by atoms with Crippen LogP contribution in [0.4, 0.5) is 0 Å². The van der Waals surface area contributed by atoms with Gasteiger partial charge in [-0.15, -0.1) is 6.58 Å². The molecule has 0 N–H and O–H groups in total. The van der Waals surface area contributed by atoms with Gasteiger partial charge in [-0.3, -0.25) is 0 Å². The van der Waals surface area contributed by atoms with Crippen molar-refractivity contribution >= 4 is 0 Å². The molecule has 0 heterocycles. The Bertz CT molecular complexity index is 481. The van der Waals surface area contributed by atoms with Gasteiger partial charge in [0, 0.05) is 0 Å². The van der Waals surface area contributed by atoms with E-state index in [4.69, 9.17) is 0 Å². The van der Waals surface area contributed by atoms with Crippen LogP contribution in [-0.4, -0.2) is 0 Å². The quantitative estimate of drug-likeness (QED) is 0.482. The van der Waals surface area contributed by atoms with Crippen molar-refractivity contribution in [3.8, 4) is 0 Å². The Balaban J connectivity index is 1.47. The first-order valence-electron chi connectivity index (χ1n) is 10.5. The van der Waals surface area contributed by atoms with Gasteiger partial charge in [0.15, 0.2) is 0 Å². The minimum atomic E-state index is 0.821. The minimum Gasteiger partial charge on any atom is -0.103 e. The van der Waals surface area contributed by atoms with Crippen LogP contribution < -0.4 is 0 Å². The average Bonchev–Trinajstić information content (AvgIpc) is 2.67. The molecule has 24 heavy (non-hydrogen) atoms. The highest BCUT2D eigenvalue weighted by Crippen LogP contribution is 2.44. The molecule has 0 spiro atoms. The van der Waals surface area contributed by atoms with E-state index in [0.717, 1.165) is 36.5 Å². The highest BCUT2D eigenvalue weighted by atomic mass is 14.4. The van der Waals surface area contributed by atoms with Gasteiger partial charge >= 0.3 is 0 Å². The summed E-state index contributed by atoms with van der Waals surface area (Å²) in [6, 6.07) is 9.49. The van der Waals surface area contributed by atoms with Crippen LogP contribution in [0, 0.1) is 17.8 Å².